The van der Waals surface area contributed by atoms with Crippen molar-refractivity contribution in [3.05, 3.63) is 40.3 Å². The number of aryl methyl sites for hydroxylation is 1. The molecule has 2 unspecified atom stereocenters. The van der Waals surface area contributed by atoms with E-state index in [1.165, 1.54) is 23.3 Å². The summed E-state index contributed by atoms with van der Waals surface area (Å²) < 4.78 is 7.64. The molecule has 2 aromatic heterocycles. The number of ether oxygens (including phenoxy) is 1. The number of aromatic nitrogens is 2. The number of hydrogen-bond donors (Lipinski definition) is 1. The van der Waals surface area contributed by atoms with Crippen LogP contribution in [-0.2, 0) is 17.9 Å². The van der Waals surface area contributed by atoms with E-state index in [1.54, 1.807) is 11.3 Å². The summed E-state index contributed by atoms with van der Waals surface area (Å²) in [6.45, 7) is 5.66. The van der Waals surface area contributed by atoms with Crippen LogP contribution < -0.4 is 0 Å². The Bertz CT molecular complexity index is 584. The average molecular weight is 335 g/mol. The third-order valence-corrected chi connectivity index (χ3v) is 5.09. The second-order valence-corrected chi connectivity index (χ2v) is 7.31. The number of hydrogen-bond acceptors (Lipinski definition) is 5. The molecule has 0 amide bonds. The van der Waals surface area contributed by atoms with E-state index in [2.05, 4.69) is 29.2 Å². The molecule has 0 aromatic carbocycles. The predicted molar refractivity (Wildman–Crippen MR) is 91.5 cm³/mol. The van der Waals surface area contributed by atoms with Gasteiger partial charge < -0.3 is 9.84 Å². The average Bonchev–Trinajstić information content (AvgIpc) is 3.24. The minimum atomic E-state index is -0.435. The lowest BCUT2D eigenvalue weighted by Gasteiger charge is -2.26. The van der Waals surface area contributed by atoms with Gasteiger partial charge in [0.25, 0.3) is 0 Å². The van der Waals surface area contributed by atoms with Crippen molar-refractivity contribution in [3.8, 4) is 0 Å². The second-order valence-electron chi connectivity index (χ2n) is 6.28. The van der Waals surface area contributed by atoms with Gasteiger partial charge in [0.1, 0.15) is 0 Å². The molecule has 6 heteroatoms. The fourth-order valence-corrected chi connectivity index (χ4v) is 3.78. The van der Waals surface area contributed by atoms with E-state index in [4.69, 9.17) is 4.74 Å². The minimum absolute atomic E-state index is 0.391. The third-order valence-electron chi connectivity index (χ3n) is 4.24. The number of thiophene rings is 1. The van der Waals surface area contributed by atoms with Crippen molar-refractivity contribution in [2.24, 2.45) is 0 Å². The predicted octanol–water partition coefficient (Wildman–Crippen LogP) is 2.30. The molecular weight excluding hydrogens is 310 g/mol. The Morgan fingerprint density at radius 3 is 3.17 bits per heavy atom. The van der Waals surface area contributed by atoms with Crippen LogP contribution in [0.25, 0.3) is 0 Å². The van der Waals surface area contributed by atoms with Crippen LogP contribution in [0.5, 0.6) is 0 Å². The molecule has 1 aliphatic rings. The molecule has 3 rings (SSSR count). The van der Waals surface area contributed by atoms with Gasteiger partial charge in [0.05, 0.1) is 32.1 Å². The van der Waals surface area contributed by atoms with Crippen molar-refractivity contribution in [2.45, 2.75) is 45.1 Å². The quantitative estimate of drug-likeness (QED) is 0.804. The summed E-state index contributed by atoms with van der Waals surface area (Å²) in [5.41, 5.74) is 1.19. The summed E-state index contributed by atoms with van der Waals surface area (Å²) >= 11 is 1.68. The first-order valence-electron chi connectivity index (χ1n) is 8.22. The summed E-state index contributed by atoms with van der Waals surface area (Å²) in [6.07, 6.45) is 5.90. The number of rotatable bonds is 8. The van der Waals surface area contributed by atoms with E-state index in [0.717, 1.165) is 13.1 Å². The van der Waals surface area contributed by atoms with E-state index in [-0.39, 0.29) is 0 Å². The van der Waals surface area contributed by atoms with Crippen LogP contribution in [0.1, 0.15) is 23.3 Å². The molecule has 0 spiro atoms. The van der Waals surface area contributed by atoms with Gasteiger partial charge in [0.2, 0.25) is 0 Å². The lowest BCUT2D eigenvalue weighted by molar-refractivity contribution is 0.00741. The molecule has 3 heterocycles. The molecule has 126 valence electrons. The summed E-state index contributed by atoms with van der Waals surface area (Å²) in [5.74, 6) is 0. The summed E-state index contributed by atoms with van der Waals surface area (Å²) in [6, 6.07) is 4.53. The van der Waals surface area contributed by atoms with Crippen LogP contribution in [-0.4, -0.2) is 51.6 Å². The molecule has 2 aromatic rings. The largest absolute Gasteiger partial charge is 0.389 e. The van der Waals surface area contributed by atoms with E-state index in [0.29, 0.717) is 25.8 Å². The summed E-state index contributed by atoms with van der Waals surface area (Å²) in [4.78, 5) is 3.57. The zero-order valence-corrected chi connectivity index (χ0v) is 14.4. The lowest BCUT2D eigenvalue weighted by Crippen LogP contribution is -2.40. The molecule has 0 bridgehead atoms. The lowest BCUT2D eigenvalue weighted by atomic mass is 10.2. The Kier molecular flexibility index (Phi) is 5.83. The van der Waals surface area contributed by atoms with Gasteiger partial charge in [0, 0.05) is 23.7 Å². The molecule has 0 saturated carbocycles. The highest BCUT2D eigenvalue weighted by atomic mass is 32.1. The monoisotopic (exact) mass is 335 g/mol. The van der Waals surface area contributed by atoms with Gasteiger partial charge in [-0.25, -0.2) is 0 Å². The molecule has 1 aliphatic heterocycles. The van der Waals surface area contributed by atoms with Gasteiger partial charge in [-0.1, -0.05) is 6.07 Å². The Labute approximate surface area is 141 Å². The van der Waals surface area contributed by atoms with Crippen molar-refractivity contribution in [2.75, 3.05) is 19.7 Å². The van der Waals surface area contributed by atoms with Gasteiger partial charge in [-0.3, -0.25) is 9.58 Å². The van der Waals surface area contributed by atoms with Crippen molar-refractivity contribution >= 4 is 11.3 Å². The van der Waals surface area contributed by atoms with E-state index >= 15 is 0 Å². The van der Waals surface area contributed by atoms with Crippen molar-refractivity contribution in [1.82, 2.24) is 14.7 Å². The molecule has 1 N–H and O–H groups in total. The van der Waals surface area contributed by atoms with Crippen LogP contribution in [0.2, 0.25) is 0 Å². The number of nitrogens with zero attached hydrogens (tertiary/aromatic N) is 3. The van der Waals surface area contributed by atoms with Crippen molar-refractivity contribution in [1.29, 1.82) is 0 Å². The number of aliphatic hydroxyl groups excluding tert-OH is 1. The van der Waals surface area contributed by atoms with Crippen LogP contribution in [0.15, 0.2) is 29.9 Å². The topological polar surface area (TPSA) is 50.5 Å². The van der Waals surface area contributed by atoms with Gasteiger partial charge >= 0.3 is 0 Å². The molecule has 1 saturated heterocycles. The van der Waals surface area contributed by atoms with Gasteiger partial charge in [-0.15, -0.1) is 11.3 Å². The van der Waals surface area contributed by atoms with Gasteiger partial charge in [-0.05, 0) is 43.3 Å². The minimum Gasteiger partial charge on any atom is -0.389 e. The molecule has 1 fully saturated rings. The van der Waals surface area contributed by atoms with Gasteiger partial charge in [-0.2, -0.15) is 5.10 Å². The zero-order chi connectivity index (χ0) is 16.1. The van der Waals surface area contributed by atoms with Crippen LogP contribution in [0, 0.1) is 6.92 Å². The maximum Gasteiger partial charge on any atom is 0.0900 e. The maximum atomic E-state index is 10.2. The number of β-amino-alcohol motifs (C(OH)–C–C–N with tert-alkyl or cyclic N) is 1. The zero-order valence-electron chi connectivity index (χ0n) is 13.6. The standard InChI is InChI=1S/C17H25N3O2S/c1-14-8-18-20(9-14)10-15-4-2-6-19(15)11-16(21)12-22-13-17-5-3-7-23-17/h3,5,7-9,15-16,21H,2,4,6,10-13H2,1H3. The van der Waals surface area contributed by atoms with Crippen molar-refractivity contribution < 1.29 is 9.84 Å². The highest BCUT2D eigenvalue weighted by molar-refractivity contribution is 7.09. The fourth-order valence-electron chi connectivity index (χ4n) is 3.14. The molecule has 0 aliphatic carbocycles. The van der Waals surface area contributed by atoms with Crippen LogP contribution in [0.4, 0.5) is 0 Å². The van der Waals surface area contributed by atoms with Crippen LogP contribution in [0.3, 0.4) is 0 Å². The Hall–Kier alpha value is -1.21. The Balaban J connectivity index is 1.42. The SMILES string of the molecule is Cc1cnn(CC2CCCN2CC(O)COCc2cccs2)c1. The molecular formula is C17H25N3O2S. The normalized spacial score (nSPS) is 20.2. The second kappa shape index (κ2) is 8.06. The third kappa shape index (κ3) is 4.88. The first kappa shape index (κ1) is 16.6. The smallest absolute Gasteiger partial charge is 0.0900 e. The molecule has 23 heavy (non-hydrogen) atoms. The molecule has 0 radical (unpaired) electrons. The number of aliphatic hydroxyl groups is 1. The summed E-state index contributed by atoms with van der Waals surface area (Å²) in [7, 11) is 0. The highest BCUT2D eigenvalue weighted by Crippen LogP contribution is 2.19. The van der Waals surface area contributed by atoms with E-state index in [9.17, 15) is 5.11 Å². The number of likely N-dealkylation sites (tertiary alicyclic amines) is 1. The van der Waals surface area contributed by atoms with E-state index < -0.39 is 6.10 Å². The highest BCUT2D eigenvalue weighted by Gasteiger charge is 2.26. The first-order valence-corrected chi connectivity index (χ1v) is 9.10. The maximum absolute atomic E-state index is 10.2. The Morgan fingerprint density at radius 1 is 1.52 bits per heavy atom. The molecule has 2 atom stereocenters. The Morgan fingerprint density at radius 2 is 2.43 bits per heavy atom. The van der Waals surface area contributed by atoms with Gasteiger partial charge in [0.15, 0.2) is 0 Å². The van der Waals surface area contributed by atoms with E-state index in [1.807, 2.05) is 22.3 Å². The summed E-state index contributed by atoms with van der Waals surface area (Å²) in [5, 5.41) is 16.7. The van der Waals surface area contributed by atoms with Crippen molar-refractivity contribution in [3.63, 3.8) is 0 Å². The van der Waals surface area contributed by atoms with Crippen LogP contribution >= 0.6 is 11.3 Å². The fraction of sp³-hybridized carbons (Fsp3) is 0.588. The molecule has 5 nitrogen and oxygen atoms in total. The first-order chi connectivity index (χ1) is 11.2.